The van der Waals surface area contributed by atoms with E-state index in [1.165, 1.54) is 0 Å². The molecular weight excluding hydrogens is 233 g/mol. The van der Waals surface area contributed by atoms with E-state index in [1.54, 1.807) is 10.6 Å². The summed E-state index contributed by atoms with van der Waals surface area (Å²) in [6.07, 6.45) is -1.60. The van der Waals surface area contributed by atoms with E-state index in [1.807, 2.05) is 0 Å². The number of primary amides is 2. The number of carbonyl (C=O) groups excluding carboxylic acids is 2. The third kappa shape index (κ3) is 7.01. The molecule has 0 saturated heterocycles. The average molecular weight is 242 g/mol. The number of nitrogens with two attached hydrogens (primary N) is 2. The number of carboxylic acid groups (broad SMARTS) is 1. The molecule has 0 aliphatic carbocycles. The molecule has 0 radical (unpaired) electrons. The summed E-state index contributed by atoms with van der Waals surface area (Å²) in [5.74, 6) is -1.47. The van der Waals surface area contributed by atoms with Crippen molar-refractivity contribution in [3.63, 3.8) is 0 Å². The minimum atomic E-state index is -1.60. The topological polar surface area (TPSA) is 148 Å². The van der Waals surface area contributed by atoms with E-state index < -0.39 is 24.2 Å². The summed E-state index contributed by atoms with van der Waals surface area (Å²) in [4.78, 5) is 30.5. The van der Waals surface area contributed by atoms with Gasteiger partial charge in [-0.2, -0.15) is 0 Å². The molecule has 0 bridgehead atoms. The van der Waals surface area contributed by atoms with Crippen LogP contribution in [0.15, 0.2) is 0 Å². The molecule has 7 N–H and O–H groups in total. The van der Waals surface area contributed by atoms with Gasteiger partial charge in [-0.05, 0) is 0 Å². The molecule has 0 spiro atoms. The first-order chi connectivity index (χ1) is 5.43. The largest absolute Gasteiger partial charge is 0.478 e. The third-order valence-electron chi connectivity index (χ3n) is 0.820. The molecule has 0 aromatic rings. The van der Waals surface area contributed by atoms with Gasteiger partial charge in [0.25, 0.3) is 0 Å². The van der Waals surface area contributed by atoms with Crippen molar-refractivity contribution in [2.75, 3.05) is 0 Å². The molecule has 13 heavy (non-hydrogen) atoms. The first-order valence-electron chi connectivity index (χ1n) is 2.78. The number of rotatable bonds is 3. The second-order valence-corrected chi connectivity index (χ2v) is 1.79. The minimum absolute atomic E-state index is 0. The molecule has 0 rings (SSSR count). The molecule has 0 aromatic heterocycles. The standard InChI is InChI=1S/C4H8N4O4.Zn/c5-3(11)7-1(2(9)10)8-4(6)12;/h1H,(H,9,10)(H3,5,7,11)(H3,6,8,12);. The predicted molar refractivity (Wildman–Crippen MR) is 36.9 cm³/mol. The fourth-order valence-electron chi connectivity index (χ4n) is 0.444. The van der Waals surface area contributed by atoms with Gasteiger partial charge in [0.15, 0.2) is 0 Å². The fourth-order valence-corrected chi connectivity index (χ4v) is 0.444. The van der Waals surface area contributed by atoms with Crippen LogP contribution >= 0.6 is 0 Å². The third-order valence-corrected chi connectivity index (χ3v) is 0.820. The smallest absolute Gasteiger partial charge is 0.347 e. The van der Waals surface area contributed by atoms with Gasteiger partial charge in [0.05, 0.1) is 0 Å². The van der Waals surface area contributed by atoms with Gasteiger partial charge in [0.2, 0.25) is 6.17 Å². The van der Waals surface area contributed by atoms with Crippen molar-refractivity contribution in [3.05, 3.63) is 0 Å². The zero-order valence-electron chi connectivity index (χ0n) is 6.61. The second kappa shape index (κ2) is 6.18. The van der Waals surface area contributed by atoms with E-state index in [9.17, 15) is 14.4 Å². The molecule has 4 amide bonds. The van der Waals surface area contributed by atoms with Crippen LogP contribution in [0, 0.1) is 0 Å². The Hall–Kier alpha value is -1.37. The molecule has 9 heteroatoms. The summed E-state index contributed by atoms with van der Waals surface area (Å²) < 4.78 is 0. The van der Waals surface area contributed by atoms with Gasteiger partial charge < -0.3 is 27.2 Å². The normalized spacial score (nSPS) is 8.38. The fraction of sp³-hybridized carbons (Fsp3) is 0.250. The number of urea groups is 2. The van der Waals surface area contributed by atoms with Crippen LogP contribution in [0.3, 0.4) is 0 Å². The Kier molecular flexibility index (Phi) is 6.74. The Morgan fingerprint density at radius 2 is 1.38 bits per heavy atom. The Bertz CT molecular complexity index is 204. The molecule has 8 nitrogen and oxygen atoms in total. The van der Waals surface area contributed by atoms with Crippen LogP contribution in [0.1, 0.15) is 0 Å². The Morgan fingerprint density at radius 1 is 1.08 bits per heavy atom. The van der Waals surface area contributed by atoms with E-state index >= 15 is 0 Å². The predicted octanol–water partition coefficient (Wildman–Crippen LogP) is -2.27. The monoisotopic (exact) mass is 240 g/mol. The molecule has 0 aromatic carbocycles. The van der Waals surface area contributed by atoms with Crippen molar-refractivity contribution in [1.29, 1.82) is 0 Å². The first-order valence-corrected chi connectivity index (χ1v) is 2.78. The van der Waals surface area contributed by atoms with Crippen molar-refractivity contribution in [3.8, 4) is 0 Å². The van der Waals surface area contributed by atoms with E-state index in [4.69, 9.17) is 5.11 Å². The van der Waals surface area contributed by atoms with Crippen LogP contribution in [0.4, 0.5) is 9.59 Å². The van der Waals surface area contributed by atoms with Gasteiger partial charge in [0, 0.05) is 19.5 Å². The van der Waals surface area contributed by atoms with E-state index in [2.05, 4.69) is 11.5 Å². The summed E-state index contributed by atoms with van der Waals surface area (Å²) in [5, 5.41) is 11.8. The van der Waals surface area contributed by atoms with Crippen LogP contribution in [-0.4, -0.2) is 29.3 Å². The number of hydrogen-bond acceptors (Lipinski definition) is 3. The van der Waals surface area contributed by atoms with Crippen molar-refractivity contribution >= 4 is 18.0 Å². The maximum absolute atomic E-state index is 10.2. The van der Waals surface area contributed by atoms with Crippen LogP contribution in [0.2, 0.25) is 0 Å². The van der Waals surface area contributed by atoms with Gasteiger partial charge in [-0.25, -0.2) is 14.4 Å². The summed E-state index contributed by atoms with van der Waals surface area (Å²) in [7, 11) is 0. The van der Waals surface area contributed by atoms with Gasteiger partial charge >= 0.3 is 18.0 Å². The van der Waals surface area contributed by atoms with E-state index in [0.717, 1.165) is 0 Å². The molecule has 70 valence electrons. The first kappa shape index (κ1) is 14.2. The molecule has 0 atom stereocenters. The molecular formula is C4H8N4O4Zn. The molecule has 0 fully saturated rings. The van der Waals surface area contributed by atoms with Gasteiger partial charge in [-0.3, -0.25) is 0 Å². The van der Waals surface area contributed by atoms with Crippen LogP contribution in [0.5, 0.6) is 0 Å². The SMILES string of the molecule is NC(=O)NC(NC(N)=O)C(=O)O.[Zn]. The molecule has 0 heterocycles. The number of nitrogens with one attached hydrogen (secondary N) is 2. The average Bonchev–Trinajstić information content (AvgIpc) is 1.83. The molecule has 0 aliphatic heterocycles. The number of amides is 4. The van der Waals surface area contributed by atoms with Crippen molar-refractivity contribution < 1.29 is 39.0 Å². The maximum Gasteiger partial charge on any atom is 0.347 e. The van der Waals surface area contributed by atoms with Gasteiger partial charge in [-0.1, -0.05) is 0 Å². The van der Waals surface area contributed by atoms with Crippen LogP contribution in [-0.2, 0) is 24.3 Å². The number of aliphatic carboxylic acids is 1. The Labute approximate surface area is 85.8 Å². The summed E-state index contributed by atoms with van der Waals surface area (Å²) in [5.41, 5.74) is 9.20. The minimum Gasteiger partial charge on any atom is -0.478 e. The van der Waals surface area contributed by atoms with E-state index in [0.29, 0.717) is 0 Å². The molecule has 0 unspecified atom stereocenters. The maximum atomic E-state index is 10.2. The van der Waals surface area contributed by atoms with Crippen LogP contribution < -0.4 is 22.1 Å². The Morgan fingerprint density at radius 3 is 1.54 bits per heavy atom. The number of carboxylic acids is 1. The molecule has 0 saturated carbocycles. The van der Waals surface area contributed by atoms with Crippen LogP contribution in [0.25, 0.3) is 0 Å². The van der Waals surface area contributed by atoms with Gasteiger partial charge in [0.1, 0.15) is 0 Å². The number of carbonyl (C=O) groups is 3. The quantitative estimate of drug-likeness (QED) is 0.280. The zero-order chi connectivity index (χ0) is 9.72. The van der Waals surface area contributed by atoms with Crippen molar-refractivity contribution in [2.24, 2.45) is 11.5 Å². The van der Waals surface area contributed by atoms with Gasteiger partial charge in [-0.15, -0.1) is 0 Å². The molecule has 0 aliphatic rings. The van der Waals surface area contributed by atoms with E-state index in [-0.39, 0.29) is 19.5 Å². The summed E-state index contributed by atoms with van der Waals surface area (Å²) >= 11 is 0. The van der Waals surface area contributed by atoms with Crippen molar-refractivity contribution in [1.82, 2.24) is 10.6 Å². The zero-order valence-corrected chi connectivity index (χ0v) is 9.58. The second-order valence-electron chi connectivity index (χ2n) is 1.79. The summed E-state index contributed by atoms with van der Waals surface area (Å²) in [6.45, 7) is 0. The summed E-state index contributed by atoms with van der Waals surface area (Å²) in [6, 6.07) is -2.15. The van der Waals surface area contributed by atoms with Crippen molar-refractivity contribution in [2.45, 2.75) is 6.17 Å². The Balaban J connectivity index is 0. The number of hydrogen-bond donors (Lipinski definition) is 5.